The normalized spacial score (nSPS) is 14.3. The number of rotatable bonds is 1. The molecule has 0 amide bonds. The molecular weight excluding hydrogens is 290 g/mol. The summed E-state index contributed by atoms with van der Waals surface area (Å²) in [7, 11) is 0. The van der Waals surface area contributed by atoms with E-state index in [2.05, 4.69) is 15.3 Å². The van der Waals surface area contributed by atoms with Crippen LogP contribution in [0.1, 0.15) is 18.7 Å². The molecule has 0 aliphatic carbocycles. The summed E-state index contributed by atoms with van der Waals surface area (Å²) in [6.45, 7) is 0.713. The molecule has 1 aromatic carbocycles. The SMILES string of the molecule is O=c1c2nnn(-c3ccc(Cl)cc3)c2nc2n1CCCC2. The lowest BCUT2D eigenvalue weighted by Crippen LogP contribution is -2.28. The number of nitrogens with zero attached hydrogens (tertiary/aromatic N) is 5. The van der Waals surface area contributed by atoms with Crippen LogP contribution in [0, 0.1) is 0 Å². The Bertz CT molecular complexity index is 881. The van der Waals surface area contributed by atoms with Crippen molar-refractivity contribution in [2.45, 2.75) is 25.8 Å². The van der Waals surface area contributed by atoms with Crippen LogP contribution in [0.15, 0.2) is 29.1 Å². The van der Waals surface area contributed by atoms with Crippen molar-refractivity contribution >= 4 is 22.8 Å². The molecule has 0 saturated carbocycles. The van der Waals surface area contributed by atoms with E-state index >= 15 is 0 Å². The summed E-state index contributed by atoms with van der Waals surface area (Å²) in [5.74, 6) is 0.816. The molecule has 21 heavy (non-hydrogen) atoms. The highest BCUT2D eigenvalue weighted by atomic mass is 35.5. The number of hydrogen-bond donors (Lipinski definition) is 0. The van der Waals surface area contributed by atoms with Crippen LogP contribution in [0.3, 0.4) is 0 Å². The largest absolute Gasteiger partial charge is 0.295 e. The fourth-order valence-corrected chi connectivity index (χ4v) is 2.80. The Hall–Kier alpha value is -2.21. The second-order valence-corrected chi connectivity index (χ2v) is 5.53. The second kappa shape index (κ2) is 4.66. The average Bonchev–Trinajstić information content (AvgIpc) is 2.92. The van der Waals surface area contributed by atoms with E-state index in [1.807, 2.05) is 12.1 Å². The van der Waals surface area contributed by atoms with Gasteiger partial charge in [0.1, 0.15) is 5.82 Å². The third-order valence-electron chi connectivity index (χ3n) is 3.74. The Morgan fingerprint density at radius 1 is 1.14 bits per heavy atom. The van der Waals surface area contributed by atoms with Gasteiger partial charge in [0.15, 0.2) is 11.2 Å². The van der Waals surface area contributed by atoms with Gasteiger partial charge in [-0.1, -0.05) is 16.8 Å². The zero-order chi connectivity index (χ0) is 14.4. The molecule has 0 atom stereocenters. The maximum atomic E-state index is 12.5. The van der Waals surface area contributed by atoms with Gasteiger partial charge in [0.2, 0.25) is 0 Å². The molecule has 0 unspecified atom stereocenters. The number of halogens is 1. The van der Waals surface area contributed by atoms with E-state index in [4.69, 9.17) is 11.6 Å². The molecule has 0 bridgehead atoms. The predicted molar refractivity (Wildman–Crippen MR) is 78.9 cm³/mol. The van der Waals surface area contributed by atoms with Gasteiger partial charge >= 0.3 is 0 Å². The third kappa shape index (κ3) is 1.94. The number of hydrogen-bond acceptors (Lipinski definition) is 4. The smallest absolute Gasteiger partial charge is 0.283 e. The molecule has 7 heteroatoms. The summed E-state index contributed by atoms with van der Waals surface area (Å²) < 4.78 is 3.30. The molecular formula is C14H12ClN5O. The lowest BCUT2D eigenvalue weighted by Gasteiger charge is -2.16. The zero-order valence-corrected chi connectivity index (χ0v) is 11.9. The van der Waals surface area contributed by atoms with Crippen molar-refractivity contribution < 1.29 is 0 Å². The molecule has 6 nitrogen and oxygen atoms in total. The minimum atomic E-state index is -0.102. The molecule has 3 heterocycles. The van der Waals surface area contributed by atoms with Crippen LogP contribution >= 0.6 is 11.6 Å². The van der Waals surface area contributed by atoms with Crippen LogP contribution in [0.5, 0.6) is 0 Å². The zero-order valence-electron chi connectivity index (χ0n) is 11.2. The summed E-state index contributed by atoms with van der Waals surface area (Å²) in [6, 6.07) is 7.20. The molecule has 0 N–H and O–H groups in total. The first-order valence-corrected chi connectivity index (χ1v) is 7.23. The van der Waals surface area contributed by atoms with E-state index in [-0.39, 0.29) is 5.56 Å². The maximum absolute atomic E-state index is 12.5. The van der Waals surface area contributed by atoms with Crippen LogP contribution in [0.25, 0.3) is 16.9 Å². The van der Waals surface area contributed by atoms with E-state index in [0.29, 0.717) is 22.7 Å². The monoisotopic (exact) mass is 301 g/mol. The average molecular weight is 302 g/mol. The molecule has 106 valence electrons. The van der Waals surface area contributed by atoms with Crippen molar-refractivity contribution in [1.82, 2.24) is 24.5 Å². The fraction of sp³-hybridized carbons (Fsp3) is 0.286. The summed E-state index contributed by atoms with van der Waals surface area (Å²) in [6.07, 6.45) is 2.88. The minimum absolute atomic E-state index is 0.102. The molecule has 1 aliphatic heterocycles. The van der Waals surface area contributed by atoms with Crippen molar-refractivity contribution in [3.63, 3.8) is 0 Å². The Labute approximate surface area is 125 Å². The van der Waals surface area contributed by atoms with Gasteiger partial charge in [-0.15, -0.1) is 5.10 Å². The number of aryl methyl sites for hydroxylation is 1. The van der Waals surface area contributed by atoms with Crippen molar-refractivity contribution in [3.05, 3.63) is 45.5 Å². The van der Waals surface area contributed by atoms with Gasteiger partial charge < -0.3 is 0 Å². The summed E-state index contributed by atoms with van der Waals surface area (Å²) >= 11 is 5.90. The fourth-order valence-electron chi connectivity index (χ4n) is 2.67. The highest BCUT2D eigenvalue weighted by Gasteiger charge is 2.19. The standard InChI is InChI=1S/C14H12ClN5O/c15-9-4-6-10(7-5-9)20-13-12(17-18-20)14(21)19-8-2-1-3-11(19)16-13/h4-7H,1-3,8H2. The van der Waals surface area contributed by atoms with Crippen LogP contribution in [0.2, 0.25) is 5.02 Å². The highest BCUT2D eigenvalue weighted by Crippen LogP contribution is 2.18. The molecule has 0 saturated heterocycles. The topological polar surface area (TPSA) is 65.6 Å². The molecule has 0 radical (unpaired) electrons. The first kappa shape index (κ1) is 12.5. The van der Waals surface area contributed by atoms with Gasteiger partial charge in [-0.3, -0.25) is 9.36 Å². The first-order valence-electron chi connectivity index (χ1n) is 6.85. The van der Waals surface area contributed by atoms with Gasteiger partial charge in [0, 0.05) is 18.0 Å². The Kier molecular flexibility index (Phi) is 2.78. The van der Waals surface area contributed by atoms with Gasteiger partial charge in [0.25, 0.3) is 5.56 Å². The summed E-state index contributed by atoms with van der Waals surface area (Å²) in [5.41, 5.74) is 1.51. The second-order valence-electron chi connectivity index (χ2n) is 5.09. The number of benzene rings is 1. The Morgan fingerprint density at radius 2 is 1.95 bits per heavy atom. The van der Waals surface area contributed by atoms with Crippen molar-refractivity contribution in [3.8, 4) is 5.69 Å². The van der Waals surface area contributed by atoms with Crippen LogP contribution in [-0.4, -0.2) is 24.5 Å². The van der Waals surface area contributed by atoms with E-state index in [1.165, 1.54) is 0 Å². The summed E-state index contributed by atoms with van der Waals surface area (Å²) in [4.78, 5) is 17.1. The molecule has 1 aliphatic rings. The maximum Gasteiger partial charge on any atom is 0.283 e. The predicted octanol–water partition coefficient (Wildman–Crippen LogP) is 1.97. The quantitative estimate of drug-likeness (QED) is 0.689. The van der Waals surface area contributed by atoms with Gasteiger partial charge in [-0.25, -0.2) is 4.98 Å². The van der Waals surface area contributed by atoms with Crippen molar-refractivity contribution in [2.75, 3.05) is 0 Å². The molecule has 3 aromatic rings. The lowest BCUT2D eigenvalue weighted by atomic mass is 10.1. The number of fused-ring (bicyclic) bond motifs is 2. The minimum Gasteiger partial charge on any atom is -0.295 e. The van der Waals surface area contributed by atoms with E-state index < -0.39 is 0 Å². The van der Waals surface area contributed by atoms with E-state index in [9.17, 15) is 4.79 Å². The molecule has 0 fully saturated rings. The third-order valence-corrected chi connectivity index (χ3v) is 4.00. The van der Waals surface area contributed by atoms with Crippen LogP contribution in [-0.2, 0) is 13.0 Å². The Morgan fingerprint density at radius 3 is 2.76 bits per heavy atom. The molecule has 4 rings (SSSR count). The van der Waals surface area contributed by atoms with Crippen molar-refractivity contribution in [1.29, 1.82) is 0 Å². The van der Waals surface area contributed by atoms with Crippen molar-refractivity contribution in [2.24, 2.45) is 0 Å². The molecule has 2 aromatic heterocycles. The lowest BCUT2D eigenvalue weighted by molar-refractivity contribution is 0.500. The van der Waals surface area contributed by atoms with Crippen LogP contribution in [0.4, 0.5) is 0 Å². The summed E-state index contributed by atoms with van der Waals surface area (Å²) in [5, 5.41) is 8.73. The van der Waals surface area contributed by atoms with Gasteiger partial charge in [-0.05, 0) is 37.1 Å². The van der Waals surface area contributed by atoms with Crippen LogP contribution < -0.4 is 5.56 Å². The molecule has 0 spiro atoms. The Balaban J connectivity index is 1.98. The van der Waals surface area contributed by atoms with E-state index in [1.54, 1.807) is 21.4 Å². The van der Waals surface area contributed by atoms with Gasteiger partial charge in [-0.2, -0.15) is 4.68 Å². The van der Waals surface area contributed by atoms with E-state index in [0.717, 1.165) is 30.8 Å². The van der Waals surface area contributed by atoms with Gasteiger partial charge in [0.05, 0.1) is 5.69 Å². The highest BCUT2D eigenvalue weighted by molar-refractivity contribution is 6.30. The first-order chi connectivity index (χ1) is 10.2. The number of aromatic nitrogens is 5.